The Bertz CT molecular complexity index is 805. The lowest BCUT2D eigenvalue weighted by atomic mass is 9.98. The van der Waals surface area contributed by atoms with Gasteiger partial charge in [-0.05, 0) is 68.7 Å². The summed E-state index contributed by atoms with van der Waals surface area (Å²) >= 11 is 0. The van der Waals surface area contributed by atoms with Gasteiger partial charge in [-0.2, -0.15) is 0 Å². The highest BCUT2D eigenvalue weighted by Gasteiger charge is 2.26. The molecule has 1 heterocycles. The van der Waals surface area contributed by atoms with Gasteiger partial charge in [0, 0.05) is 29.2 Å². The van der Waals surface area contributed by atoms with Crippen LogP contribution in [0.15, 0.2) is 42.5 Å². The Hall–Kier alpha value is -2.53. The van der Waals surface area contributed by atoms with Crippen molar-refractivity contribution in [1.82, 2.24) is 0 Å². The number of fused-ring (bicyclic) bond motifs is 1. The van der Waals surface area contributed by atoms with E-state index in [0.717, 1.165) is 36.3 Å². The predicted molar refractivity (Wildman–Crippen MR) is 108 cm³/mol. The Labute approximate surface area is 160 Å². The number of nitrogen functional groups attached to an aromatic ring is 1. The molecule has 3 rings (SSSR count). The first-order valence-electron chi connectivity index (χ1n) is 8.53. The van der Waals surface area contributed by atoms with E-state index in [1.807, 2.05) is 25.1 Å². The zero-order chi connectivity index (χ0) is 18.0. The zero-order valence-corrected chi connectivity index (χ0v) is 15.8. The van der Waals surface area contributed by atoms with Crippen molar-refractivity contribution in [3.05, 3.63) is 53.6 Å². The molecule has 26 heavy (non-hydrogen) atoms. The maximum absolute atomic E-state index is 12.7. The number of anilines is 3. The van der Waals surface area contributed by atoms with E-state index in [0.29, 0.717) is 11.3 Å². The van der Waals surface area contributed by atoms with Crippen molar-refractivity contribution in [3.63, 3.8) is 0 Å². The fourth-order valence-electron chi connectivity index (χ4n) is 3.26. The van der Waals surface area contributed by atoms with Crippen LogP contribution in [0.3, 0.4) is 0 Å². The fourth-order valence-corrected chi connectivity index (χ4v) is 3.26. The number of carbonyl (C=O) groups is 2. The first-order chi connectivity index (χ1) is 12.0. The smallest absolute Gasteiger partial charge is 0.246 e. The Morgan fingerprint density at radius 2 is 1.85 bits per heavy atom. The highest BCUT2D eigenvalue weighted by atomic mass is 35.5. The lowest BCUT2D eigenvalue weighted by Crippen LogP contribution is -2.44. The van der Waals surface area contributed by atoms with E-state index in [1.54, 1.807) is 24.3 Å². The summed E-state index contributed by atoms with van der Waals surface area (Å²) in [5, 5.41) is 2.93. The van der Waals surface area contributed by atoms with Crippen molar-refractivity contribution in [2.45, 2.75) is 32.7 Å². The largest absolute Gasteiger partial charge is 0.398 e. The van der Waals surface area contributed by atoms with Crippen LogP contribution >= 0.6 is 12.4 Å². The minimum Gasteiger partial charge on any atom is -0.398 e. The van der Waals surface area contributed by atoms with Crippen molar-refractivity contribution in [2.75, 3.05) is 22.5 Å². The molecular formula is C20H24ClN3O2. The molecule has 3 N–H and O–H groups in total. The number of nitrogens with one attached hydrogen (secondary N) is 1. The van der Waals surface area contributed by atoms with Gasteiger partial charge in [0.1, 0.15) is 6.04 Å². The number of hydrogen-bond acceptors (Lipinski definition) is 4. The number of benzene rings is 2. The number of nitrogens with zero attached hydrogens (tertiary/aromatic N) is 1. The van der Waals surface area contributed by atoms with Crippen molar-refractivity contribution in [2.24, 2.45) is 0 Å². The molecule has 1 aliphatic rings. The molecule has 0 bridgehead atoms. The van der Waals surface area contributed by atoms with Gasteiger partial charge in [0.2, 0.25) is 5.91 Å². The number of rotatable bonds is 4. The van der Waals surface area contributed by atoms with Crippen LogP contribution in [0.1, 0.15) is 36.2 Å². The second-order valence-electron chi connectivity index (χ2n) is 6.44. The summed E-state index contributed by atoms with van der Waals surface area (Å²) in [4.78, 5) is 26.1. The third-order valence-electron chi connectivity index (χ3n) is 4.73. The summed E-state index contributed by atoms with van der Waals surface area (Å²) in [6, 6.07) is 12.5. The molecule has 0 spiro atoms. The van der Waals surface area contributed by atoms with Crippen LogP contribution in [0.4, 0.5) is 17.1 Å². The maximum atomic E-state index is 12.7. The molecule has 0 saturated heterocycles. The molecule has 1 atom stereocenters. The first kappa shape index (κ1) is 19.8. The van der Waals surface area contributed by atoms with Crippen LogP contribution < -0.4 is 16.0 Å². The second kappa shape index (κ2) is 8.23. The van der Waals surface area contributed by atoms with E-state index in [2.05, 4.69) is 10.2 Å². The Morgan fingerprint density at radius 1 is 1.15 bits per heavy atom. The molecule has 0 fully saturated rings. The van der Waals surface area contributed by atoms with E-state index >= 15 is 0 Å². The molecular weight excluding hydrogens is 350 g/mol. The topological polar surface area (TPSA) is 75.4 Å². The SMILES string of the molecule is CC(=O)c1ccc(NC(=O)C(C)N2CCCc3c(N)cccc32)cc1.Cl. The van der Waals surface area contributed by atoms with Crippen LogP contribution in [0, 0.1) is 0 Å². The summed E-state index contributed by atoms with van der Waals surface area (Å²) in [7, 11) is 0. The van der Waals surface area contributed by atoms with E-state index in [-0.39, 0.29) is 30.1 Å². The number of hydrogen-bond donors (Lipinski definition) is 2. The molecule has 2 aromatic carbocycles. The monoisotopic (exact) mass is 373 g/mol. The van der Waals surface area contributed by atoms with Gasteiger partial charge in [-0.1, -0.05) is 6.07 Å². The van der Waals surface area contributed by atoms with E-state index in [9.17, 15) is 9.59 Å². The molecule has 1 amide bonds. The van der Waals surface area contributed by atoms with E-state index < -0.39 is 0 Å². The minimum atomic E-state index is -0.312. The summed E-state index contributed by atoms with van der Waals surface area (Å²) in [6.07, 6.45) is 1.92. The van der Waals surface area contributed by atoms with Gasteiger partial charge in [-0.25, -0.2) is 0 Å². The molecule has 0 aliphatic carbocycles. The fraction of sp³-hybridized carbons (Fsp3) is 0.300. The minimum absolute atomic E-state index is 0. The molecule has 0 saturated carbocycles. The first-order valence-corrected chi connectivity index (χ1v) is 8.53. The quantitative estimate of drug-likeness (QED) is 0.633. The average molecular weight is 374 g/mol. The van der Waals surface area contributed by atoms with Gasteiger partial charge in [0.05, 0.1) is 0 Å². The highest BCUT2D eigenvalue weighted by Crippen LogP contribution is 2.32. The van der Waals surface area contributed by atoms with Gasteiger partial charge in [0.15, 0.2) is 5.78 Å². The number of carbonyl (C=O) groups excluding carboxylic acids is 2. The Kier molecular flexibility index (Phi) is 6.27. The number of ketones is 1. The lowest BCUT2D eigenvalue weighted by Gasteiger charge is -2.36. The molecule has 0 radical (unpaired) electrons. The lowest BCUT2D eigenvalue weighted by molar-refractivity contribution is -0.117. The Morgan fingerprint density at radius 3 is 2.50 bits per heavy atom. The molecule has 138 valence electrons. The summed E-state index contributed by atoms with van der Waals surface area (Å²) in [5.41, 5.74) is 10.4. The molecule has 1 aliphatic heterocycles. The van der Waals surface area contributed by atoms with Crippen LogP contribution in [0.5, 0.6) is 0 Å². The van der Waals surface area contributed by atoms with E-state index in [1.165, 1.54) is 6.92 Å². The van der Waals surface area contributed by atoms with Crippen LogP contribution in [-0.4, -0.2) is 24.3 Å². The highest BCUT2D eigenvalue weighted by molar-refractivity contribution is 5.98. The normalized spacial score (nSPS) is 14.0. The standard InChI is InChI=1S/C20H23N3O2.ClH/c1-13(20(25)22-16-10-8-15(9-11-16)14(2)24)23-12-4-5-17-18(21)6-3-7-19(17)23;/h3,6-11,13H,4-5,12,21H2,1-2H3,(H,22,25);1H. The number of halogens is 1. The van der Waals surface area contributed by atoms with Crippen molar-refractivity contribution >= 4 is 41.2 Å². The third-order valence-corrected chi connectivity index (χ3v) is 4.73. The van der Waals surface area contributed by atoms with Gasteiger partial charge >= 0.3 is 0 Å². The van der Waals surface area contributed by atoms with Gasteiger partial charge in [0.25, 0.3) is 0 Å². The average Bonchev–Trinajstić information content (AvgIpc) is 2.61. The Balaban J connectivity index is 0.00000243. The van der Waals surface area contributed by atoms with Gasteiger partial charge in [-0.3, -0.25) is 9.59 Å². The molecule has 6 heteroatoms. The number of amides is 1. The van der Waals surface area contributed by atoms with Crippen LogP contribution in [-0.2, 0) is 11.2 Å². The number of nitrogens with two attached hydrogens (primary N) is 1. The summed E-state index contributed by atoms with van der Waals surface area (Å²) in [6.45, 7) is 4.25. The van der Waals surface area contributed by atoms with Crippen molar-refractivity contribution in [3.8, 4) is 0 Å². The van der Waals surface area contributed by atoms with Gasteiger partial charge in [-0.15, -0.1) is 12.4 Å². The second-order valence-corrected chi connectivity index (χ2v) is 6.44. The summed E-state index contributed by atoms with van der Waals surface area (Å²) in [5.74, 6) is -0.0698. The zero-order valence-electron chi connectivity index (χ0n) is 15.0. The van der Waals surface area contributed by atoms with Crippen LogP contribution in [0.2, 0.25) is 0 Å². The van der Waals surface area contributed by atoms with Crippen molar-refractivity contribution in [1.29, 1.82) is 0 Å². The maximum Gasteiger partial charge on any atom is 0.246 e. The third kappa shape index (κ3) is 3.99. The summed E-state index contributed by atoms with van der Waals surface area (Å²) < 4.78 is 0. The van der Waals surface area contributed by atoms with E-state index in [4.69, 9.17) is 5.73 Å². The van der Waals surface area contributed by atoms with Gasteiger partial charge < -0.3 is 16.0 Å². The van der Waals surface area contributed by atoms with Crippen LogP contribution in [0.25, 0.3) is 0 Å². The molecule has 0 aromatic heterocycles. The van der Waals surface area contributed by atoms with Crippen molar-refractivity contribution < 1.29 is 9.59 Å². The predicted octanol–water partition coefficient (Wildman–Crippen LogP) is 3.67. The molecule has 2 aromatic rings. The number of Topliss-reactive ketones (excluding diaryl/α,β-unsaturated/α-hetero) is 1. The molecule has 5 nitrogen and oxygen atoms in total. The molecule has 1 unspecified atom stereocenters.